The number of hydrogen-bond acceptors (Lipinski definition) is 5. The molecular formula is C14H16N2O3S2. The Kier molecular flexibility index (Phi) is 3.99. The summed E-state index contributed by atoms with van der Waals surface area (Å²) in [5, 5.41) is 0. The first-order valence-corrected chi connectivity index (χ1v) is 8.86. The van der Waals surface area contributed by atoms with Gasteiger partial charge in [0.15, 0.2) is 0 Å². The third kappa shape index (κ3) is 2.82. The van der Waals surface area contributed by atoms with Crippen molar-refractivity contribution in [2.45, 2.75) is 17.3 Å². The standard InChI is InChI=1S/C14H16N2O3S2/c15-9-12-5-6-14(20-12)21(17,18)16-7-8-19-13-4-2-1-3-11(13)10-16/h1-6H,7-10,15H2. The first kappa shape index (κ1) is 14.5. The predicted octanol–water partition coefficient (Wildman–Crippen LogP) is 1.79. The van der Waals surface area contributed by atoms with Crippen LogP contribution in [0.3, 0.4) is 0 Å². The third-order valence-corrected chi connectivity index (χ3v) is 6.77. The second-order valence-electron chi connectivity index (χ2n) is 4.72. The van der Waals surface area contributed by atoms with Crippen LogP contribution >= 0.6 is 11.3 Å². The Balaban J connectivity index is 1.92. The summed E-state index contributed by atoms with van der Waals surface area (Å²) in [7, 11) is -3.50. The quantitative estimate of drug-likeness (QED) is 0.934. The van der Waals surface area contributed by atoms with Gasteiger partial charge < -0.3 is 10.5 Å². The second kappa shape index (κ2) is 5.76. The van der Waals surface area contributed by atoms with E-state index in [1.807, 2.05) is 24.3 Å². The summed E-state index contributed by atoms with van der Waals surface area (Å²) < 4.78 is 32.9. The highest BCUT2D eigenvalue weighted by atomic mass is 32.2. The molecule has 0 saturated heterocycles. The van der Waals surface area contributed by atoms with Gasteiger partial charge in [-0.25, -0.2) is 8.42 Å². The molecule has 7 heteroatoms. The number of para-hydroxylation sites is 1. The molecule has 0 bridgehead atoms. The molecule has 1 aromatic heterocycles. The van der Waals surface area contributed by atoms with Crippen molar-refractivity contribution in [2.24, 2.45) is 5.73 Å². The monoisotopic (exact) mass is 324 g/mol. The fourth-order valence-corrected chi connectivity index (χ4v) is 5.03. The van der Waals surface area contributed by atoms with Crippen LogP contribution in [-0.4, -0.2) is 25.9 Å². The van der Waals surface area contributed by atoms with Crippen molar-refractivity contribution in [1.29, 1.82) is 0 Å². The molecule has 5 nitrogen and oxygen atoms in total. The summed E-state index contributed by atoms with van der Waals surface area (Å²) in [5.41, 5.74) is 6.44. The van der Waals surface area contributed by atoms with Gasteiger partial charge >= 0.3 is 0 Å². The minimum atomic E-state index is -3.50. The molecule has 2 N–H and O–H groups in total. The Hall–Kier alpha value is -1.41. The van der Waals surface area contributed by atoms with E-state index in [2.05, 4.69) is 0 Å². The van der Waals surface area contributed by atoms with Gasteiger partial charge in [0, 0.05) is 30.1 Å². The van der Waals surface area contributed by atoms with Crippen molar-refractivity contribution in [2.75, 3.05) is 13.2 Å². The lowest BCUT2D eigenvalue weighted by atomic mass is 10.2. The lowest BCUT2D eigenvalue weighted by Gasteiger charge is -2.18. The van der Waals surface area contributed by atoms with Crippen LogP contribution in [0.1, 0.15) is 10.4 Å². The number of ether oxygens (including phenoxy) is 1. The summed E-state index contributed by atoms with van der Waals surface area (Å²) in [5.74, 6) is 0.754. The van der Waals surface area contributed by atoms with Gasteiger partial charge in [-0.1, -0.05) is 18.2 Å². The molecule has 0 radical (unpaired) electrons. The van der Waals surface area contributed by atoms with Crippen molar-refractivity contribution in [3.8, 4) is 5.75 Å². The number of thiophene rings is 1. The average Bonchev–Trinajstić information content (AvgIpc) is 2.87. The van der Waals surface area contributed by atoms with E-state index in [0.29, 0.717) is 30.5 Å². The molecule has 0 spiro atoms. The van der Waals surface area contributed by atoms with Crippen LogP contribution in [0.15, 0.2) is 40.6 Å². The van der Waals surface area contributed by atoms with Crippen molar-refractivity contribution in [1.82, 2.24) is 4.31 Å². The van der Waals surface area contributed by atoms with Crippen LogP contribution in [-0.2, 0) is 23.1 Å². The van der Waals surface area contributed by atoms with Crippen LogP contribution in [0.2, 0.25) is 0 Å². The van der Waals surface area contributed by atoms with Gasteiger partial charge in [-0.3, -0.25) is 0 Å². The van der Waals surface area contributed by atoms with Gasteiger partial charge in [-0.15, -0.1) is 11.3 Å². The molecule has 2 heterocycles. The van der Waals surface area contributed by atoms with Crippen LogP contribution in [0.4, 0.5) is 0 Å². The van der Waals surface area contributed by atoms with E-state index >= 15 is 0 Å². The molecule has 0 aliphatic carbocycles. The van der Waals surface area contributed by atoms with Gasteiger partial charge in [0.2, 0.25) is 0 Å². The number of hydrogen-bond donors (Lipinski definition) is 1. The smallest absolute Gasteiger partial charge is 0.252 e. The first-order chi connectivity index (χ1) is 10.1. The molecule has 1 aromatic carbocycles. The van der Waals surface area contributed by atoms with E-state index in [1.54, 1.807) is 12.1 Å². The van der Waals surface area contributed by atoms with Crippen molar-refractivity contribution >= 4 is 21.4 Å². The highest BCUT2D eigenvalue weighted by Gasteiger charge is 2.28. The Bertz CT molecular complexity index is 740. The summed E-state index contributed by atoms with van der Waals surface area (Å²) in [6.45, 7) is 1.37. The maximum Gasteiger partial charge on any atom is 0.252 e. The van der Waals surface area contributed by atoms with E-state index in [4.69, 9.17) is 10.5 Å². The molecule has 3 rings (SSSR count). The van der Waals surface area contributed by atoms with Crippen molar-refractivity contribution < 1.29 is 13.2 Å². The second-order valence-corrected chi connectivity index (χ2v) is 8.05. The van der Waals surface area contributed by atoms with Crippen LogP contribution in [0.5, 0.6) is 5.75 Å². The van der Waals surface area contributed by atoms with Gasteiger partial charge in [0.25, 0.3) is 10.0 Å². The zero-order chi connectivity index (χ0) is 14.9. The van der Waals surface area contributed by atoms with Crippen molar-refractivity contribution in [3.63, 3.8) is 0 Å². The zero-order valence-corrected chi connectivity index (χ0v) is 13.0. The fraction of sp³-hybridized carbons (Fsp3) is 0.286. The Morgan fingerprint density at radius 2 is 2.05 bits per heavy atom. The molecule has 112 valence electrons. The van der Waals surface area contributed by atoms with Crippen molar-refractivity contribution in [3.05, 3.63) is 46.8 Å². The number of rotatable bonds is 3. The topological polar surface area (TPSA) is 72.6 Å². The fourth-order valence-electron chi connectivity index (χ4n) is 2.24. The molecule has 0 amide bonds. The first-order valence-electron chi connectivity index (χ1n) is 6.61. The maximum atomic E-state index is 12.7. The Morgan fingerprint density at radius 1 is 1.24 bits per heavy atom. The normalized spacial score (nSPS) is 16.0. The molecule has 0 atom stereocenters. The Labute approximate surface area is 128 Å². The van der Waals surface area contributed by atoms with Gasteiger partial charge in [0.05, 0.1) is 0 Å². The maximum absolute atomic E-state index is 12.7. The van der Waals surface area contributed by atoms with Crippen LogP contribution in [0.25, 0.3) is 0 Å². The molecule has 0 fully saturated rings. The number of nitrogens with two attached hydrogens (primary N) is 1. The lowest BCUT2D eigenvalue weighted by Crippen LogP contribution is -2.32. The van der Waals surface area contributed by atoms with E-state index in [0.717, 1.165) is 16.2 Å². The summed E-state index contributed by atoms with van der Waals surface area (Å²) in [4.78, 5) is 0.861. The summed E-state index contributed by atoms with van der Waals surface area (Å²) in [6.07, 6.45) is 0. The molecule has 0 saturated carbocycles. The molecule has 0 unspecified atom stereocenters. The highest BCUT2D eigenvalue weighted by Crippen LogP contribution is 2.29. The minimum Gasteiger partial charge on any atom is -0.492 e. The predicted molar refractivity (Wildman–Crippen MR) is 81.7 cm³/mol. The number of benzene rings is 1. The molecule has 2 aromatic rings. The van der Waals surface area contributed by atoms with Gasteiger partial charge in [0.1, 0.15) is 16.6 Å². The van der Waals surface area contributed by atoms with E-state index in [1.165, 1.54) is 15.6 Å². The molecule has 1 aliphatic rings. The number of nitrogens with zero attached hydrogens (tertiary/aromatic N) is 1. The van der Waals surface area contributed by atoms with Crippen LogP contribution in [0, 0.1) is 0 Å². The minimum absolute atomic E-state index is 0.328. The molecule has 21 heavy (non-hydrogen) atoms. The van der Waals surface area contributed by atoms with Gasteiger partial charge in [-0.05, 0) is 18.2 Å². The SMILES string of the molecule is NCc1ccc(S(=O)(=O)N2CCOc3ccccc3C2)s1. The zero-order valence-electron chi connectivity index (χ0n) is 11.4. The molecular weight excluding hydrogens is 308 g/mol. The highest BCUT2D eigenvalue weighted by molar-refractivity contribution is 7.91. The van der Waals surface area contributed by atoms with E-state index < -0.39 is 10.0 Å². The number of sulfonamides is 1. The summed E-state index contributed by atoms with van der Waals surface area (Å²) in [6, 6.07) is 10.9. The number of fused-ring (bicyclic) bond motifs is 1. The Morgan fingerprint density at radius 3 is 2.81 bits per heavy atom. The summed E-state index contributed by atoms with van der Waals surface area (Å²) >= 11 is 1.23. The average molecular weight is 324 g/mol. The van der Waals surface area contributed by atoms with Crippen LogP contribution < -0.4 is 10.5 Å². The third-order valence-electron chi connectivity index (χ3n) is 3.35. The van der Waals surface area contributed by atoms with E-state index in [-0.39, 0.29) is 0 Å². The lowest BCUT2D eigenvalue weighted by molar-refractivity contribution is 0.293. The molecule has 1 aliphatic heterocycles. The van der Waals surface area contributed by atoms with E-state index in [9.17, 15) is 8.42 Å². The van der Waals surface area contributed by atoms with Gasteiger partial charge in [-0.2, -0.15) is 4.31 Å². The largest absolute Gasteiger partial charge is 0.492 e.